The maximum atomic E-state index is 12.5. The van der Waals surface area contributed by atoms with Crippen molar-refractivity contribution in [2.24, 2.45) is 7.05 Å². The van der Waals surface area contributed by atoms with Gasteiger partial charge in [0.1, 0.15) is 5.65 Å². The molecule has 1 aromatic carbocycles. The standard InChI is InChI=1S/C25H23ClN8O2/c1-34-13-16(11-29-34)15-8-18-19(12-28-22(18)27-10-15)24-32-33-25(36-24)31-21-7-6-14(9-20(21)26)23(35)30-17-4-2-3-5-17/h6-13,17H,2-5H2,1H3,(H,27,28)(H,30,35)(H,31,33). The van der Waals surface area contributed by atoms with Crippen LogP contribution >= 0.6 is 11.6 Å². The van der Waals surface area contributed by atoms with Gasteiger partial charge in [0.25, 0.3) is 11.8 Å². The first-order chi connectivity index (χ1) is 17.5. The van der Waals surface area contributed by atoms with Gasteiger partial charge in [-0.15, -0.1) is 5.10 Å². The summed E-state index contributed by atoms with van der Waals surface area (Å²) in [5.41, 5.74) is 4.40. The molecule has 1 aliphatic carbocycles. The average molecular weight is 503 g/mol. The number of aromatic amines is 1. The molecule has 4 aromatic heterocycles. The molecule has 36 heavy (non-hydrogen) atoms. The quantitative estimate of drug-likeness (QED) is 0.295. The van der Waals surface area contributed by atoms with E-state index in [1.165, 1.54) is 0 Å². The number of H-pyrrole nitrogens is 1. The minimum Gasteiger partial charge on any atom is -0.403 e. The number of aryl methyl sites for hydroxylation is 1. The van der Waals surface area contributed by atoms with Gasteiger partial charge in [0, 0.05) is 53.8 Å². The molecule has 11 heteroatoms. The Hall–Kier alpha value is -4.18. The lowest BCUT2D eigenvalue weighted by Gasteiger charge is -2.12. The summed E-state index contributed by atoms with van der Waals surface area (Å²) in [4.78, 5) is 20.2. The number of carbonyl (C=O) groups is 1. The fraction of sp³-hybridized carbons (Fsp3) is 0.240. The monoisotopic (exact) mass is 502 g/mol. The second-order valence-electron chi connectivity index (χ2n) is 8.91. The lowest BCUT2D eigenvalue weighted by atomic mass is 10.1. The van der Waals surface area contributed by atoms with Crippen LogP contribution in [0.5, 0.6) is 0 Å². The zero-order chi connectivity index (χ0) is 24.6. The summed E-state index contributed by atoms with van der Waals surface area (Å²) in [7, 11) is 1.87. The van der Waals surface area contributed by atoms with Crippen LogP contribution in [0.3, 0.4) is 0 Å². The van der Waals surface area contributed by atoms with Crippen molar-refractivity contribution in [2.75, 3.05) is 5.32 Å². The van der Waals surface area contributed by atoms with E-state index in [0.717, 1.165) is 47.8 Å². The Kier molecular flexibility index (Phi) is 5.65. The van der Waals surface area contributed by atoms with Crippen LogP contribution in [0.4, 0.5) is 11.7 Å². The molecule has 1 saturated carbocycles. The molecule has 0 aliphatic heterocycles. The number of anilines is 2. The largest absolute Gasteiger partial charge is 0.403 e. The Balaban J connectivity index is 1.21. The molecule has 1 fully saturated rings. The van der Waals surface area contributed by atoms with Crippen LogP contribution in [0.1, 0.15) is 36.0 Å². The molecule has 0 unspecified atom stereocenters. The predicted molar refractivity (Wildman–Crippen MR) is 136 cm³/mol. The van der Waals surface area contributed by atoms with Gasteiger partial charge in [-0.05, 0) is 37.1 Å². The van der Waals surface area contributed by atoms with Gasteiger partial charge in [-0.25, -0.2) is 4.98 Å². The van der Waals surface area contributed by atoms with Crippen molar-refractivity contribution in [3.8, 4) is 22.6 Å². The van der Waals surface area contributed by atoms with Crippen molar-refractivity contribution in [2.45, 2.75) is 31.7 Å². The van der Waals surface area contributed by atoms with Gasteiger partial charge in [-0.2, -0.15) is 5.10 Å². The maximum absolute atomic E-state index is 12.5. The first-order valence-electron chi connectivity index (χ1n) is 11.7. The highest BCUT2D eigenvalue weighted by Gasteiger charge is 2.19. The van der Waals surface area contributed by atoms with Gasteiger partial charge in [0.15, 0.2) is 0 Å². The average Bonchev–Trinajstić information content (AvgIpc) is 3.67. The number of nitrogens with zero attached hydrogens (tertiary/aromatic N) is 5. The summed E-state index contributed by atoms with van der Waals surface area (Å²) in [6.45, 7) is 0. The van der Waals surface area contributed by atoms with Gasteiger partial charge < -0.3 is 20.0 Å². The first-order valence-corrected chi connectivity index (χ1v) is 12.1. The molecule has 0 bridgehead atoms. The number of halogens is 1. The normalized spacial score (nSPS) is 13.9. The second-order valence-corrected chi connectivity index (χ2v) is 9.32. The topological polar surface area (TPSA) is 127 Å². The fourth-order valence-electron chi connectivity index (χ4n) is 4.50. The Labute approximate surface area is 211 Å². The van der Waals surface area contributed by atoms with Crippen LogP contribution in [0.15, 0.2) is 53.5 Å². The third kappa shape index (κ3) is 4.31. The lowest BCUT2D eigenvalue weighted by molar-refractivity contribution is 0.0938. The number of rotatable bonds is 6. The number of fused-ring (bicyclic) bond motifs is 1. The summed E-state index contributed by atoms with van der Waals surface area (Å²) in [6, 6.07) is 7.52. The molecular formula is C25H23ClN8O2. The number of hydrogen-bond donors (Lipinski definition) is 3. The first kappa shape index (κ1) is 22.3. The number of nitrogens with one attached hydrogen (secondary N) is 3. The summed E-state index contributed by atoms with van der Waals surface area (Å²) in [5, 5.41) is 19.9. The smallest absolute Gasteiger partial charge is 0.320 e. The predicted octanol–water partition coefficient (Wildman–Crippen LogP) is 5.08. The van der Waals surface area contributed by atoms with E-state index in [2.05, 4.69) is 35.9 Å². The minimum absolute atomic E-state index is 0.117. The van der Waals surface area contributed by atoms with Crippen molar-refractivity contribution < 1.29 is 9.21 Å². The summed E-state index contributed by atoms with van der Waals surface area (Å²) < 4.78 is 7.62. The van der Waals surface area contributed by atoms with Crippen LogP contribution in [-0.4, -0.2) is 41.9 Å². The molecule has 0 atom stereocenters. The van der Waals surface area contributed by atoms with E-state index in [4.69, 9.17) is 16.0 Å². The van der Waals surface area contributed by atoms with Crippen LogP contribution < -0.4 is 10.6 Å². The van der Waals surface area contributed by atoms with Gasteiger partial charge in [-0.3, -0.25) is 9.48 Å². The van der Waals surface area contributed by atoms with E-state index in [-0.39, 0.29) is 18.0 Å². The number of pyridine rings is 1. The molecule has 1 aliphatic rings. The highest BCUT2D eigenvalue weighted by Crippen LogP contribution is 2.32. The summed E-state index contributed by atoms with van der Waals surface area (Å²) in [5.74, 6) is 0.214. The zero-order valence-electron chi connectivity index (χ0n) is 19.5. The molecule has 0 radical (unpaired) electrons. The molecule has 182 valence electrons. The maximum Gasteiger partial charge on any atom is 0.320 e. The number of aromatic nitrogens is 6. The molecule has 1 amide bonds. The Morgan fingerprint density at radius 1 is 1.17 bits per heavy atom. The second kappa shape index (κ2) is 9.12. The minimum atomic E-state index is -0.117. The summed E-state index contributed by atoms with van der Waals surface area (Å²) in [6.07, 6.45) is 11.6. The molecular weight excluding hydrogens is 480 g/mol. The van der Waals surface area contributed by atoms with Gasteiger partial charge >= 0.3 is 6.01 Å². The van der Waals surface area contributed by atoms with Gasteiger partial charge in [-0.1, -0.05) is 29.5 Å². The highest BCUT2D eigenvalue weighted by molar-refractivity contribution is 6.33. The van der Waals surface area contributed by atoms with E-state index in [9.17, 15) is 4.79 Å². The van der Waals surface area contributed by atoms with E-state index < -0.39 is 0 Å². The van der Waals surface area contributed by atoms with Crippen molar-refractivity contribution in [3.05, 3.63) is 59.6 Å². The third-order valence-corrected chi connectivity index (χ3v) is 6.70. The number of hydrogen-bond acceptors (Lipinski definition) is 7. The molecule has 5 aromatic rings. The van der Waals surface area contributed by atoms with Crippen molar-refractivity contribution >= 4 is 40.2 Å². The molecule has 0 spiro atoms. The molecule has 10 nitrogen and oxygen atoms in total. The van der Waals surface area contributed by atoms with Gasteiger partial charge in [0.2, 0.25) is 0 Å². The van der Waals surface area contributed by atoms with Crippen molar-refractivity contribution in [1.82, 2.24) is 35.3 Å². The lowest BCUT2D eigenvalue weighted by Crippen LogP contribution is -2.32. The molecule has 3 N–H and O–H groups in total. The van der Waals surface area contributed by atoms with E-state index >= 15 is 0 Å². The van der Waals surface area contributed by atoms with Crippen molar-refractivity contribution in [1.29, 1.82) is 0 Å². The van der Waals surface area contributed by atoms with E-state index in [1.807, 2.05) is 19.3 Å². The highest BCUT2D eigenvalue weighted by atomic mass is 35.5. The Bertz CT molecular complexity index is 1560. The zero-order valence-corrected chi connectivity index (χ0v) is 20.2. The van der Waals surface area contributed by atoms with Crippen LogP contribution in [-0.2, 0) is 7.05 Å². The third-order valence-electron chi connectivity index (χ3n) is 6.39. The van der Waals surface area contributed by atoms with Crippen LogP contribution in [0, 0.1) is 0 Å². The summed E-state index contributed by atoms with van der Waals surface area (Å²) >= 11 is 6.45. The fourth-order valence-corrected chi connectivity index (χ4v) is 4.73. The molecule has 4 heterocycles. The van der Waals surface area contributed by atoms with E-state index in [1.54, 1.807) is 41.5 Å². The van der Waals surface area contributed by atoms with Crippen LogP contribution in [0.25, 0.3) is 33.6 Å². The SMILES string of the molecule is Cn1cc(-c2cnc3[nH]cc(-c4nnc(Nc5ccc(C(=O)NC6CCCC6)cc5Cl)o4)c3c2)cn1. The molecule has 0 saturated heterocycles. The molecule has 6 rings (SSSR count). The van der Waals surface area contributed by atoms with Crippen molar-refractivity contribution in [3.63, 3.8) is 0 Å². The van der Waals surface area contributed by atoms with Crippen LogP contribution in [0.2, 0.25) is 5.02 Å². The number of amides is 1. The van der Waals surface area contributed by atoms with E-state index in [0.29, 0.717) is 27.8 Å². The number of benzene rings is 1. The number of carbonyl (C=O) groups excluding carboxylic acids is 1. The van der Waals surface area contributed by atoms with Gasteiger partial charge in [0.05, 0.1) is 22.5 Å². The Morgan fingerprint density at radius 3 is 2.81 bits per heavy atom. The Morgan fingerprint density at radius 2 is 2.03 bits per heavy atom.